The highest BCUT2D eigenvalue weighted by Crippen LogP contribution is 2.23. The van der Waals surface area contributed by atoms with Crippen LogP contribution in [0.1, 0.15) is 68.7 Å². The van der Waals surface area contributed by atoms with Crippen molar-refractivity contribution in [2.45, 2.75) is 63.1 Å². The summed E-state index contributed by atoms with van der Waals surface area (Å²) in [4.78, 5) is 44.7. The summed E-state index contributed by atoms with van der Waals surface area (Å²) in [5.41, 5.74) is 21.9. The summed E-state index contributed by atoms with van der Waals surface area (Å²) in [6, 6.07) is -2.82. The van der Waals surface area contributed by atoms with E-state index in [9.17, 15) is 19.5 Å². The van der Waals surface area contributed by atoms with Crippen molar-refractivity contribution in [2.75, 3.05) is 13.1 Å². The number of hydrogen-bond acceptors (Lipinski definition) is 8. The van der Waals surface area contributed by atoms with E-state index in [1.165, 1.54) is 4.90 Å². The molecule has 0 saturated carbocycles. The molecule has 0 aromatic carbocycles. The number of likely N-dealkylation sites (tertiary alicyclic amines) is 1. The molecule has 1 aliphatic heterocycles. The summed E-state index contributed by atoms with van der Waals surface area (Å²) in [6.07, 6.45) is 3.05. The van der Waals surface area contributed by atoms with Crippen LogP contribution in [0.15, 0.2) is 9.52 Å². The number of urea groups is 1. The Labute approximate surface area is 184 Å². The van der Waals surface area contributed by atoms with Crippen molar-refractivity contribution in [2.24, 2.45) is 27.9 Å². The number of amides is 3. The fourth-order valence-corrected chi connectivity index (χ4v) is 3.40. The lowest BCUT2D eigenvalue weighted by atomic mass is 10.1. The van der Waals surface area contributed by atoms with Crippen molar-refractivity contribution < 1.29 is 24.0 Å². The second-order valence-electron chi connectivity index (χ2n) is 7.60. The highest BCUT2D eigenvalue weighted by Gasteiger charge is 2.35. The van der Waals surface area contributed by atoms with Crippen LogP contribution in [0.2, 0.25) is 0 Å². The molecule has 1 unspecified atom stereocenters. The number of aliphatic imine (C=N–C) groups is 1. The molecule has 1 aromatic heterocycles. The van der Waals surface area contributed by atoms with E-state index in [1.807, 2.05) is 0 Å². The summed E-state index contributed by atoms with van der Waals surface area (Å²) in [5.74, 6) is -1.28. The number of carbonyl (C=O) groups is 3. The van der Waals surface area contributed by atoms with Crippen LogP contribution in [0.5, 0.6) is 0 Å². The number of nitrogens with two attached hydrogens (primary N) is 4. The smallest absolute Gasteiger partial charge is 0.326 e. The zero-order valence-corrected chi connectivity index (χ0v) is 17.8. The third kappa shape index (κ3) is 7.37. The predicted octanol–water partition coefficient (Wildman–Crippen LogP) is -0.922. The molecule has 1 saturated heterocycles. The summed E-state index contributed by atoms with van der Waals surface area (Å²) in [7, 11) is 0. The van der Waals surface area contributed by atoms with E-state index < -0.39 is 36.0 Å². The molecule has 1 aromatic rings. The molecule has 3 amide bonds. The molecule has 2 heterocycles. The van der Waals surface area contributed by atoms with E-state index in [0.29, 0.717) is 32.4 Å². The first-order valence-corrected chi connectivity index (χ1v) is 10.4. The Balaban J connectivity index is 2.01. The molecule has 0 radical (unpaired) electrons. The third-order valence-electron chi connectivity index (χ3n) is 5.08. The van der Waals surface area contributed by atoms with Gasteiger partial charge in [-0.25, -0.2) is 9.59 Å². The van der Waals surface area contributed by atoms with E-state index in [0.717, 1.165) is 12.8 Å². The number of carboxylic acids is 1. The zero-order chi connectivity index (χ0) is 23.7. The maximum Gasteiger partial charge on any atom is 0.326 e. The average molecular weight is 454 g/mol. The number of guanidine groups is 1. The number of aliphatic carboxylic acids is 1. The van der Waals surface area contributed by atoms with Gasteiger partial charge in [0.25, 0.3) is 0 Å². The van der Waals surface area contributed by atoms with Gasteiger partial charge in [0.1, 0.15) is 12.1 Å². The largest absolute Gasteiger partial charge is 0.480 e. The number of nitrogens with one attached hydrogen (secondary N) is 1. The summed E-state index contributed by atoms with van der Waals surface area (Å²) < 4.78 is 5.28. The minimum absolute atomic E-state index is 0.0322. The normalized spacial score (nSPS) is 17.5. The van der Waals surface area contributed by atoms with Gasteiger partial charge in [0, 0.05) is 19.5 Å². The van der Waals surface area contributed by atoms with E-state index in [-0.39, 0.29) is 30.5 Å². The lowest BCUT2D eigenvalue weighted by Crippen LogP contribution is -2.47. The van der Waals surface area contributed by atoms with E-state index in [1.54, 1.807) is 0 Å². The predicted molar refractivity (Wildman–Crippen MR) is 113 cm³/mol. The molecule has 1 fully saturated rings. The maximum absolute atomic E-state index is 12.7. The van der Waals surface area contributed by atoms with Gasteiger partial charge in [-0.05, 0) is 38.5 Å². The van der Waals surface area contributed by atoms with E-state index in [4.69, 9.17) is 27.5 Å². The van der Waals surface area contributed by atoms with Crippen molar-refractivity contribution >= 4 is 23.9 Å². The molecule has 14 heteroatoms. The molecular weight excluding hydrogens is 422 g/mol. The molecule has 2 rings (SSSR count). The van der Waals surface area contributed by atoms with Gasteiger partial charge in [-0.1, -0.05) is 5.16 Å². The number of rotatable bonds is 12. The Morgan fingerprint density at radius 3 is 2.66 bits per heavy atom. The standard InChI is InChI=1S/C18H31N9O5/c19-10(4-1-2-8-23-17(21)22)14-25-15(32-26-14)11(6-7-13(20)28)24-18(31)27-9-3-5-12(27)16(29)30/h10-12H,1-9,19H2,(H2,20,28)(H,24,31)(H,29,30)(H4,21,22,23)/t10-,11-,12?/m0/s1. The molecule has 0 aliphatic carbocycles. The first-order valence-electron chi connectivity index (χ1n) is 10.4. The van der Waals surface area contributed by atoms with Crippen LogP contribution in [0.4, 0.5) is 4.79 Å². The van der Waals surface area contributed by atoms with Gasteiger partial charge in [0.05, 0.1) is 6.04 Å². The summed E-state index contributed by atoms with van der Waals surface area (Å²) in [6.45, 7) is 0.798. The summed E-state index contributed by atoms with van der Waals surface area (Å²) in [5, 5.41) is 15.9. The third-order valence-corrected chi connectivity index (χ3v) is 5.08. The van der Waals surface area contributed by atoms with Crippen LogP contribution in [0.25, 0.3) is 0 Å². The van der Waals surface area contributed by atoms with E-state index >= 15 is 0 Å². The molecular formula is C18H31N9O5. The lowest BCUT2D eigenvalue weighted by Gasteiger charge is -2.24. The van der Waals surface area contributed by atoms with Crippen molar-refractivity contribution in [3.8, 4) is 0 Å². The van der Waals surface area contributed by atoms with Gasteiger partial charge >= 0.3 is 12.0 Å². The summed E-state index contributed by atoms with van der Waals surface area (Å²) >= 11 is 0. The Morgan fingerprint density at radius 2 is 2.00 bits per heavy atom. The fraction of sp³-hybridized carbons (Fsp3) is 0.667. The number of primary amides is 1. The monoisotopic (exact) mass is 453 g/mol. The van der Waals surface area contributed by atoms with Crippen molar-refractivity contribution in [1.29, 1.82) is 0 Å². The Morgan fingerprint density at radius 1 is 1.25 bits per heavy atom. The van der Waals surface area contributed by atoms with Crippen LogP contribution in [-0.4, -0.2) is 63.1 Å². The second kappa shape index (κ2) is 11.8. The minimum Gasteiger partial charge on any atom is -0.480 e. The molecule has 0 spiro atoms. The van der Waals surface area contributed by atoms with Crippen LogP contribution < -0.4 is 28.3 Å². The van der Waals surface area contributed by atoms with Crippen molar-refractivity contribution in [1.82, 2.24) is 20.4 Å². The van der Waals surface area contributed by atoms with Crippen LogP contribution in [0.3, 0.4) is 0 Å². The number of carboxylic acid groups (broad SMARTS) is 1. The molecule has 0 bridgehead atoms. The number of hydrogen-bond donors (Lipinski definition) is 6. The molecule has 14 nitrogen and oxygen atoms in total. The van der Waals surface area contributed by atoms with Gasteiger partial charge in [0.2, 0.25) is 11.8 Å². The SMILES string of the molecule is NC(=O)CC[C@H](NC(=O)N1CCCC1C(=O)O)c1nc([C@@H](N)CCCCN=C(N)N)no1. The van der Waals surface area contributed by atoms with Gasteiger partial charge in [0.15, 0.2) is 11.8 Å². The minimum atomic E-state index is -1.07. The molecule has 178 valence electrons. The Bertz CT molecular complexity index is 824. The zero-order valence-electron chi connectivity index (χ0n) is 17.8. The van der Waals surface area contributed by atoms with Crippen molar-refractivity contribution in [3.05, 3.63) is 11.7 Å². The number of aromatic nitrogens is 2. The van der Waals surface area contributed by atoms with Gasteiger partial charge < -0.3 is 42.8 Å². The molecule has 1 aliphatic rings. The van der Waals surface area contributed by atoms with Crippen LogP contribution in [0, 0.1) is 0 Å². The Hall–Kier alpha value is -3.42. The van der Waals surface area contributed by atoms with E-state index in [2.05, 4.69) is 20.4 Å². The number of carbonyl (C=O) groups excluding carboxylic acids is 2. The quantitative estimate of drug-likeness (QED) is 0.129. The topological polar surface area (TPSA) is 242 Å². The number of unbranched alkanes of at least 4 members (excludes halogenated alkanes) is 1. The first kappa shape index (κ1) is 24.8. The average Bonchev–Trinajstić information content (AvgIpc) is 3.40. The highest BCUT2D eigenvalue weighted by atomic mass is 16.5. The molecule has 10 N–H and O–H groups in total. The fourth-order valence-electron chi connectivity index (χ4n) is 3.40. The second-order valence-corrected chi connectivity index (χ2v) is 7.60. The molecule has 32 heavy (non-hydrogen) atoms. The lowest BCUT2D eigenvalue weighted by molar-refractivity contribution is -0.141. The highest BCUT2D eigenvalue weighted by molar-refractivity contribution is 5.83. The van der Waals surface area contributed by atoms with Crippen LogP contribution >= 0.6 is 0 Å². The number of nitrogens with zero attached hydrogens (tertiary/aromatic N) is 4. The van der Waals surface area contributed by atoms with Gasteiger partial charge in [-0.2, -0.15) is 4.98 Å². The first-order chi connectivity index (χ1) is 15.2. The van der Waals surface area contributed by atoms with Gasteiger partial charge in [-0.15, -0.1) is 0 Å². The van der Waals surface area contributed by atoms with Crippen LogP contribution in [-0.2, 0) is 9.59 Å². The molecule has 3 atom stereocenters. The van der Waals surface area contributed by atoms with Gasteiger partial charge in [-0.3, -0.25) is 9.79 Å². The Kier molecular flexibility index (Phi) is 9.19. The maximum atomic E-state index is 12.7. The van der Waals surface area contributed by atoms with Crippen molar-refractivity contribution in [3.63, 3.8) is 0 Å².